The highest BCUT2D eigenvalue weighted by Crippen LogP contribution is 2.34. The molecule has 0 radical (unpaired) electrons. The lowest BCUT2D eigenvalue weighted by Gasteiger charge is -2.16. The first-order valence-electron chi connectivity index (χ1n) is 11.7. The van der Waals surface area contributed by atoms with E-state index in [1.807, 2.05) is 60.7 Å². The number of nitrogens with zero attached hydrogens (tertiary/aromatic N) is 4. The number of nitrogens with two attached hydrogens (primary N) is 1. The molecule has 0 bridgehead atoms. The first kappa shape index (κ1) is 24.3. The quantitative estimate of drug-likeness (QED) is 0.239. The molecule has 0 aliphatic rings. The van der Waals surface area contributed by atoms with Gasteiger partial charge < -0.3 is 25.5 Å². The summed E-state index contributed by atoms with van der Waals surface area (Å²) in [6.45, 7) is 0.889. The van der Waals surface area contributed by atoms with E-state index in [0.29, 0.717) is 41.4 Å². The Bertz CT molecular complexity index is 1490. The van der Waals surface area contributed by atoms with E-state index in [2.05, 4.69) is 37.0 Å². The maximum Gasteiger partial charge on any atom is 0.321 e. The van der Waals surface area contributed by atoms with Crippen molar-refractivity contribution in [3.8, 4) is 34.3 Å². The summed E-state index contributed by atoms with van der Waals surface area (Å²) in [4.78, 5) is 12.8. The van der Waals surface area contributed by atoms with Crippen molar-refractivity contribution in [2.24, 2.45) is 0 Å². The molecule has 0 aliphatic carbocycles. The fourth-order valence-corrected chi connectivity index (χ4v) is 4.27. The summed E-state index contributed by atoms with van der Waals surface area (Å²) in [5.41, 5.74) is 11.5. The number of hydrogen-bond donors (Lipinski definition) is 3. The number of anilines is 2. The summed E-state index contributed by atoms with van der Waals surface area (Å²) < 4.78 is 7.91. The minimum Gasteiger partial charge on any atom is -0.424 e. The number of aromatic nitrogens is 4. The van der Waals surface area contributed by atoms with Crippen LogP contribution in [0.5, 0.6) is 11.8 Å². The topological polar surface area (TPSA) is 111 Å². The Labute approximate surface area is 219 Å². The van der Waals surface area contributed by atoms with Gasteiger partial charge in [0, 0.05) is 35.2 Å². The van der Waals surface area contributed by atoms with Gasteiger partial charge in [0.2, 0.25) is 0 Å². The largest absolute Gasteiger partial charge is 0.424 e. The lowest BCUT2D eigenvalue weighted by atomic mass is 10.1. The molecular formula is C28H25ClN6O2. The third-order valence-electron chi connectivity index (χ3n) is 5.76. The molecule has 8 nitrogen and oxygen atoms in total. The van der Waals surface area contributed by atoms with Crippen molar-refractivity contribution in [1.82, 2.24) is 19.5 Å². The average molecular weight is 513 g/mol. The van der Waals surface area contributed by atoms with Crippen LogP contribution in [-0.2, 0) is 6.54 Å². The maximum atomic E-state index is 9.08. The fourth-order valence-electron chi connectivity index (χ4n) is 4.04. The number of ether oxygens (including phenoxy) is 1. The van der Waals surface area contributed by atoms with Crippen LogP contribution >= 0.6 is 11.6 Å². The molecule has 2 aromatic carbocycles. The van der Waals surface area contributed by atoms with Crippen LogP contribution in [0.15, 0.2) is 91.3 Å². The molecule has 0 saturated carbocycles. The first-order chi connectivity index (χ1) is 18.1. The van der Waals surface area contributed by atoms with Crippen LogP contribution in [0, 0.1) is 0 Å². The lowest BCUT2D eigenvalue weighted by molar-refractivity contribution is 0.311. The normalized spacial score (nSPS) is 10.9. The van der Waals surface area contributed by atoms with Crippen LogP contribution in [0.4, 0.5) is 11.5 Å². The molecule has 0 amide bonds. The van der Waals surface area contributed by atoms with E-state index in [-0.39, 0.29) is 6.61 Å². The molecule has 5 rings (SSSR count). The smallest absolute Gasteiger partial charge is 0.321 e. The van der Waals surface area contributed by atoms with Gasteiger partial charge in [-0.05, 0) is 66.2 Å². The molecule has 0 saturated heterocycles. The molecular weight excluding hydrogens is 488 g/mol. The highest BCUT2D eigenvalue weighted by Gasteiger charge is 2.16. The van der Waals surface area contributed by atoms with E-state index in [9.17, 15) is 0 Å². The Morgan fingerprint density at radius 2 is 1.65 bits per heavy atom. The SMILES string of the molecule is Nc1nc(Cn2c(-c3ccc(Oc4ncccn4)cc3)ccc2-c2ccccc2Cl)ccc1NCCO. The van der Waals surface area contributed by atoms with Crippen molar-refractivity contribution in [3.05, 3.63) is 102 Å². The van der Waals surface area contributed by atoms with Gasteiger partial charge in [0.1, 0.15) is 11.6 Å². The second-order valence-corrected chi connectivity index (χ2v) is 8.62. The zero-order chi connectivity index (χ0) is 25.6. The van der Waals surface area contributed by atoms with Crippen molar-refractivity contribution >= 4 is 23.1 Å². The number of aliphatic hydroxyl groups is 1. The second kappa shape index (κ2) is 11.1. The summed E-state index contributed by atoms with van der Waals surface area (Å²) in [7, 11) is 0. The van der Waals surface area contributed by atoms with Crippen LogP contribution in [-0.4, -0.2) is 37.8 Å². The Morgan fingerprint density at radius 1 is 0.892 bits per heavy atom. The number of benzene rings is 2. The van der Waals surface area contributed by atoms with Crippen LogP contribution in [0.2, 0.25) is 5.02 Å². The molecule has 37 heavy (non-hydrogen) atoms. The summed E-state index contributed by atoms with van der Waals surface area (Å²) in [6.07, 6.45) is 3.27. The summed E-state index contributed by atoms with van der Waals surface area (Å²) >= 11 is 6.58. The van der Waals surface area contributed by atoms with E-state index < -0.39 is 0 Å². The van der Waals surface area contributed by atoms with Crippen LogP contribution in [0.1, 0.15) is 5.69 Å². The van der Waals surface area contributed by atoms with E-state index in [1.54, 1.807) is 18.5 Å². The Morgan fingerprint density at radius 3 is 2.38 bits per heavy atom. The summed E-state index contributed by atoms with van der Waals surface area (Å²) in [5, 5.41) is 12.8. The van der Waals surface area contributed by atoms with Gasteiger partial charge in [0.25, 0.3) is 0 Å². The Kier molecular flexibility index (Phi) is 7.30. The molecule has 0 spiro atoms. The number of rotatable bonds is 9. The van der Waals surface area contributed by atoms with Gasteiger partial charge in [-0.3, -0.25) is 0 Å². The molecule has 9 heteroatoms. The molecule has 0 aliphatic heterocycles. The number of hydrogen-bond acceptors (Lipinski definition) is 7. The molecule has 0 atom stereocenters. The maximum absolute atomic E-state index is 9.08. The van der Waals surface area contributed by atoms with Crippen LogP contribution in [0.25, 0.3) is 22.5 Å². The summed E-state index contributed by atoms with van der Waals surface area (Å²) in [6, 6.07) is 25.5. The second-order valence-electron chi connectivity index (χ2n) is 8.21. The van der Waals surface area contributed by atoms with Crippen LogP contribution in [0.3, 0.4) is 0 Å². The number of aliphatic hydroxyl groups excluding tert-OH is 1. The average Bonchev–Trinajstić information content (AvgIpc) is 3.32. The predicted molar refractivity (Wildman–Crippen MR) is 146 cm³/mol. The third-order valence-corrected chi connectivity index (χ3v) is 6.09. The number of nitrogens with one attached hydrogen (secondary N) is 1. The van der Waals surface area contributed by atoms with E-state index in [1.165, 1.54) is 0 Å². The van der Waals surface area contributed by atoms with Crippen molar-refractivity contribution < 1.29 is 9.84 Å². The number of pyridine rings is 1. The van der Waals surface area contributed by atoms with E-state index in [0.717, 1.165) is 28.2 Å². The fraction of sp³-hybridized carbons (Fsp3) is 0.107. The van der Waals surface area contributed by atoms with Gasteiger partial charge in [-0.25, -0.2) is 15.0 Å². The molecule has 3 heterocycles. The van der Waals surface area contributed by atoms with Gasteiger partial charge in [-0.15, -0.1) is 0 Å². The lowest BCUT2D eigenvalue weighted by Crippen LogP contribution is -2.11. The minimum atomic E-state index is 0.0112. The van der Waals surface area contributed by atoms with Gasteiger partial charge >= 0.3 is 6.01 Å². The zero-order valence-electron chi connectivity index (χ0n) is 19.9. The molecule has 186 valence electrons. The molecule has 4 N–H and O–H groups in total. The van der Waals surface area contributed by atoms with Gasteiger partial charge in [0.05, 0.1) is 30.2 Å². The molecule has 0 fully saturated rings. The standard InChI is InChI=1S/C28H25ClN6O2/c29-23-5-2-1-4-22(23)26-13-12-25(19-6-9-21(10-7-19)37-28-32-14-3-15-33-28)35(26)18-20-8-11-24(27(30)34-20)31-16-17-36/h1-15,31,36H,16-18H2,(H2,30,34). The Balaban J connectivity index is 1.50. The molecule has 5 aromatic rings. The molecule has 3 aromatic heterocycles. The van der Waals surface area contributed by atoms with E-state index in [4.69, 9.17) is 27.2 Å². The molecule has 0 unspecified atom stereocenters. The highest BCUT2D eigenvalue weighted by atomic mass is 35.5. The number of nitrogen functional groups attached to an aromatic ring is 1. The van der Waals surface area contributed by atoms with E-state index >= 15 is 0 Å². The first-order valence-corrected chi connectivity index (χ1v) is 12.1. The third kappa shape index (κ3) is 5.55. The minimum absolute atomic E-state index is 0.0112. The predicted octanol–water partition coefficient (Wildman–Crippen LogP) is 5.49. The van der Waals surface area contributed by atoms with Crippen molar-refractivity contribution in [3.63, 3.8) is 0 Å². The van der Waals surface area contributed by atoms with Gasteiger partial charge in [-0.1, -0.05) is 29.8 Å². The highest BCUT2D eigenvalue weighted by molar-refractivity contribution is 6.33. The number of halogens is 1. The summed E-state index contributed by atoms with van der Waals surface area (Å²) in [5.74, 6) is 1.02. The monoisotopic (exact) mass is 512 g/mol. The van der Waals surface area contributed by atoms with Crippen LogP contribution < -0.4 is 15.8 Å². The van der Waals surface area contributed by atoms with Gasteiger partial charge in [0.15, 0.2) is 0 Å². The van der Waals surface area contributed by atoms with Gasteiger partial charge in [-0.2, -0.15) is 0 Å². The van der Waals surface area contributed by atoms with Crippen molar-refractivity contribution in [1.29, 1.82) is 0 Å². The zero-order valence-corrected chi connectivity index (χ0v) is 20.6. The van der Waals surface area contributed by atoms with Crippen molar-refractivity contribution in [2.75, 3.05) is 24.2 Å². The Hall–Kier alpha value is -4.40. The van der Waals surface area contributed by atoms with Crippen molar-refractivity contribution in [2.45, 2.75) is 6.54 Å².